The van der Waals surface area contributed by atoms with Crippen LogP contribution in [0.2, 0.25) is 0 Å². The van der Waals surface area contributed by atoms with Crippen molar-refractivity contribution in [3.63, 3.8) is 0 Å². The number of nitrogens with one attached hydrogen (secondary N) is 2. The lowest BCUT2D eigenvalue weighted by Crippen LogP contribution is -2.52. The molecule has 8 nitrogen and oxygen atoms in total. The minimum atomic E-state index is -0.990. The fraction of sp³-hybridized carbons (Fsp3) is 0.591. The summed E-state index contributed by atoms with van der Waals surface area (Å²) in [5.41, 5.74) is 6.19. The van der Waals surface area contributed by atoms with E-state index >= 15 is 0 Å². The minimum absolute atomic E-state index is 0.137. The number of nitrogens with zero attached hydrogens (tertiary/aromatic N) is 1. The maximum atomic E-state index is 13.5. The second-order valence-corrected chi connectivity index (χ2v) is 9.02. The highest BCUT2D eigenvalue weighted by Crippen LogP contribution is 2.47. The number of primary amides is 1. The van der Waals surface area contributed by atoms with Crippen LogP contribution in [-0.2, 0) is 19.8 Å². The van der Waals surface area contributed by atoms with Crippen LogP contribution in [-0.4, -0.2) is 54.4 Å². The van der Waals surface area contributed by atoms with E-state index in [9.17, 15) is 14.4 Å². The summed E-state index contributed by atoms with van der Waals surface area (Å²) in [5.74, 6) is 0.0521. The molecule has 8 heteroatoms. The lowest BCUT2D eigenvalue weighted by molar-refractivity contribution is -0.139. The number of carbonyl (C=O) groups is 3. The molecule has 3 amide bonds. The summed E-state index contributed by atoms with van der Waals surface area (Å²) in [6.07, 6.45) is 2.56. The van der Waals surface area contributed by atoms with Crippen LogP contribution in [0.1, 0.15) is 45.1 Å². The monoisotopic (exact) mass is 414 g/mol. The first kappa shape index (κ1) is 20.7. The highest BCUT2D eigenvalue weighted by molar-refractivity contribution is 6.08. The van der Waals surface area contributed by atoms with Crippen LogP contribution in [0.25, 0.3) is 0 Å². The average Bonchev–Trinajstić information content (AvgIpc) is 3.22. The van der Waals surface area contributed by atoms with E-state index in [1.54, 1.807) is 0 Å². The summed E-state index contributed by atoms with van der Waals surface area (Å²) in [5, 5.41) is 6.28. The number of benzene rings is 1. The van der Waals surface area contributed by atoms with Gasteiger partial charge in [-0.3, -0.25) is 14.4 Å². The van der Waals surface area contributed by atoms with Gasteiger partial charge in [-0.25, -0.2) is 0 Å². The molecule has 3 atom stereocenters. The third-order valence-corrected chi connectivity index (χ3v) is 6.40. The zero-order valence-electron chi connectivity index (χ0n) is 17.6. The molecule has 0 aliphatic carbocycles. The Hall–Kier alpha value is -2.61. The second-order valence-electron chi connectivity index (χ2n) is 9.02. The van der Waals surface area contributed by atoms with Crippen LogP contribution >= 0.6 is 0 Å². The summed E-state index contributed by atoms with van der Waals surface area (Å²) >= 11 is 0. The molecule has 0 unspecified atom stereocenters. The van der Waals surface area contributed by atoms with E-state index in [0.717, 1.165) is 18.4 Å². The van der Waals surface area contributed by atoms with Crippen molar-refractivity contribution in [3.05, 3.63) is 23.8 Å². The van der Waals surface area contributed by atoms with Crippen molar-refractivity contribution in [2.45, 2.75) is 57.0 Å². The number of rotatable bonds is 3. The molecule has 162 valence electrons. The molecule has 4 bridgehead atoms. The van der Waals surface area contributed by atoms with E-state index in [4.69, 9.17) is 10.5 Å². The molecule has 0 aromatic heterocycles. The minimum Gasteiger partial charge on any atom is -0.494 e. The van der Waals surface area contributed by atoms with Gasteiger partial charge >= 0.3 is 0 Å². The van der Waals surface area contributed by atoms with Gasteiger partial charge in [0.2, 0.25) is 17.7 Å². The molecule has 1 fully saturated rings. The lowest BCUT2D eigenvalue weighted by atomic mass is 9.79. The van der Waals surface area contributed by atoms with Gasteiger partial charge in [0.05, 0.1) is 18.1 Å². The third kappa shape index (κ3) is 3.53. The van der Waals surface area contributed by atoms with Crippen LogP contribution in [0.5, 0.6) is 5.75 Å². The SMILES string of the molecule is CC(C)C[C@@H]1NCCCCOc2ccc3c(c2)[C@@]2(C[C@@H](C(N)=O)N(C2)C1=O)C(=O)N3. The maximum absolute atomic E-state index is 13.5. The lowest BCUT2D eigenvalue weighted by Gasteiger charge is -2.29. The summed E-state index contributed by atoms with van der Waals surface area (Å²) in [7, 11) is 0. The zero-order chi connectivity index (χ0) is 21.5. The molecular formula is C22H30N4O4. The van der Waals surface area contributed by atoms with Gasteiger partial charge in [-0.15, -0.1) is 0 Å². The first-order valence-electron chi connectivity index (χ1n) is 10.7. The summed E-state index contributed by atoms with van der Waals surface area (Å²) in [6.45, 7) is 5.50. The van der Waals surface area contributed by atoms with Crippen molar-refractivity contribution in [1.29, 1.82) is 0 Å². The Morgan fingerprint density at radius 3 is 2.87 bits per heavy atom. The zero-order valence-corrected chi connectivity index (χ0v) is 17.6. The van der Waals surface area contributed by atoms with Crippen LogP contribution in [0.15, 0.2) is 18.2 Å². The first-order valence-corrected chi connectivity index (χ1v) is 10.7. The number of carbonyl (C=O) groups excluding carboxylic acids is 3. The van der Waals surface area contributed by atoms with E-state index < -0.39 is 23.4 Å². The fourth-order valence-electron chi connectivity index (χ4n) is 4.87. The normalized spacial score (nSPS) is 28.8. The molecule has 30 heavy (non-hydrogen) atoms. The first-order chi connectivity index (χ1) is 14.3. The Balaban J connectivity index is 1.77. The quantitative estimate of drug-likeness (QED) is 0.686. The van der Waals surface area contributed by atoms with Gasteiger partial charge < -0.3 is 26.0 Å². The van der Waals surface area contributed by atoms with E-state index in [-0.39, 0.29) is 24.8 Å². The van der Waals surface area contributed by atoms with Gasteiger partial charge in [0.15, 0.2) is 0 Å². The molecule has 0 radical (unpaired) electrons. The van der Waals surface area contributed by atoms with E-state index in [0.29, 0.717) is 36.9 Å². The Labute approximate surface area is 176 Å². The predicted octanol–water partition coefficient (Wildman–Crippen LogP) is 1.14. The highest BCUT2D eigenvalue weighted by atomic mass is 16.5. The maximum Gasteiger partial charge on any atom is 0.240 e. The number of fused-ring (bicyclic) bond motifs is 2. The van der Waals surface area contributed by atoms with Gasteiger partial charge in [0.25, 0.3) is 0 Å². The van der Waals surface area contributed by atoms with Crippen LogP contribution < -0.4 is 21.1 Å². The number of hydrogen-bond donors (Lipinski definition) is 3. The molecule has 3 aliphatic rings. The molecule has 1 saturated heterocycles. The number of hydrogen-bond acceptors (Lipinski definition) is 5. The van der Waals surface area contributed by atoms with E-state index in [2.05, 4.69) is 24.5 Å². The molecule has 4 N–H and O–H groups in total. The van der Waals surface area contributed by atoms with E-state index in [1.165, 1.54) is 4.90 Å². The van der Waals surface area contributed by atoms with Crippen LogP contribution in [0.3, 0.4) is 0 Å². The Morgan fingerprint density at radius 2 is 2.13 bits per heavy atom. The van der Waals surface area contributed by atoms with Crippen molar-refractivity contribution in [2.24, 2.45) is 11.7 Å². The number of amides is 3. The van der Waals surface area contributed by atoms with Crippen molar-refractivity contribution >= 4 is 23.4 Å². The number of anilines is 1. The van der Waals surface area contributed by atoms with Crippen LogP contribution in [0, 0.1) is 5.92 Å². The Morgan fingerprint density at radius 1 is 1.33 bits per heavy atom. The summed E-state index contributed by atoms with van der Waals surface area (Å²) in [6, 6.07) is 4.30. The van der Waals surface area contributed by atoms with Crippen molar-refractivity contribution < 1.29 is 19.1 Å². The molecule has 3 heterocycles. The largest absolute Gasteiger partial charge is 0.494 e. The average molecular weight is 415 g/mol. The van der Waals surface area contributed by atoms with Crippen molar-refractivity contribution in [2.75, 3.05) is 25.0 Å². The second kappa shape index (κ2) is 7.91. The Bertz CT molecular complexity index is 871. The summed E-state index contributed by atoms with van der Waals surface area (Å²) < 4.78 is 5.91. The highest BCUT2D eigenvalue weighted by Gasteiger charge is 2.57. The van der Waals surface area contributed by atoms with Gasteiger partial charge in [0, 0.05) is 12.2 Å². The van der Waals surface area contributed by atoms with Crippen LogP contribution in [0.4, 0.5) is 5.69 Å². The molecule has 1 aromatic rings. The standard InChI is InChI=1S/C22H30N4O4/c1-13(2)9-17-20(28)26-12-22(11-18(26)19(23)27)15-10-14(30-8-4-3-7-24-17)5-6-16(15)25-21(22)29/h5-6,10,13,17-18,24H,3-4,7-9,11-12H2,1-2H3,(H2,23,27)(H,25,29)/t17-,18-,22-/m0/s1. The van der Waals surface area contributed by atoms with Gasteiger partial charge in [-0.05, 0) is 61.9 Å². The molecule has 0 saturated carbocycles. The number of ether oxygens (including phenoxy) is 1. The van der Waals surface area contributed by atoms with Crippen molar-refractivity contribution in [1.82, 2.24) is 10.2 Å². The topological polar surface area (TPSA) is 114 Å². The van der Waals surface area contributed by atoms with Crippen molar-refractivity contribution in [3.8, 4) is 5.75 Å². The predicted molar refractivity (Wildman–Crippen MR) is 112 cm³/mol. The number of nitrogens with two attached hydrogens (primary N) is 1. The fourth-order valence-corrected chi connectivity index (χ4v) is 4.87. The van der Waals surface area contributed by atoms with Gasteiger partial charge in [0.1, 0.15) is 11.8 Å². The smallest absolute Gasteiger partial charge is 0.240 e. The molecule has 1 spiro atoms. The molecule has 4 rings (SSSR count). The third-order valence-electron chi connectivity index (χ3n) is 6.40. The van der Waals surface area contributed by atoms with Gasteiger partial charge in [-0.2, -0.15) is 0 Å². The molecule has 1 aromatic carbocycles. The Kier molecular flexibility index (Phi) is 5.44. The van der Waals surface area contributed by atoms with Gasteiger partial charge in [-0.1, -0.05) is 13.8 Å². The molecular weight excluding hydrogens is 384 g/mol. The summed E-state index contributed by atoms with van der Waals surface area (Å²) in [4.78, 5) is 40.5. The molecule has 3 aliphatic heterocycles. The van der Waals surface area contributed by atoms with E-state index in [1.807, 2.05) is 18.2 Å².